The van der Waals surface area contributed by atoms with Gasteiger partial charge in [-0.25, -0.2) is 4.39 Å². The third-order valence-corrected chi connectivity index (χ3v) is 4.52. The van der Waals surface area contributed by atoms with Gasteiger partial charge in [0.1, 0.15) is 5.82 Å². The first kappa shape index (κ1) is 12.1. The Hall–Kier alpha value is -0.930. The highest BCUT2D eigenvalue weighted by molar-refractivity contribution is 5.21. The minimum absolute atomic E-state index is 0.194. The summed E-state index contributed by atoms with van der Waals surface area (Å²) in [4.78, 5) is 2.38. The first-order chi connectivity index (χ1) is 8.69. The van der Waals surface area contributed by atoms with E-state index in [-0.39, 0.29) is 11.9 Å². The van der Waals surface area contributed by atoms with Crippen LogP contribution in [0, 0.1) is 5.82 Å². The van der Waals surface area contributed by atoms with Crippen molar-refractivity contribution in [1.82, 2.24) is 4.90 Å². The molecule has 2 fully saturated rings. The van der Waals surface area contributed by atoms with Crippen molar-refractivity contribution in [2.75, 3.05) is 13.1 Å². The van der Waals surface area contributed by atoms with Crippen LogP contribution in [-0.2, 0) is 6.42 Å². The maximum absolute atomic E-state index is 13.7. The second kappa shape index (κ2) is 4.63. The summed E-state index contributed by atoms with van der Waals surface area (Å²) < 4.78 is 13.7. The van der Waals surface area contributed by atoms with Crippen molar-refractivity contribution >= 4 is 0 Å². The largest absolute Gasteiger partial charge is 0.388 e. The van der Waals surface area contributed by atoms with Crippen molar-refractivity contribution in [2.45, 2.75) is 43.7 Å². The molecule has 0 radical (unpaired) electrons. The minimum atomic E-state index is -0.734. The molecule has 2 atom stereocenters. The summed E-state index contributed by atoms with van der Waals surface area (Å²) in [6.07, 6.45) is 4.67. The smallest absolute Gasteiger partial charge is 0.126 e. The zero-order valence-corrected chi connectivity index (χ0v) is 10.6. The van der Waals surface area contributed by atoms with Gasteiger partial charge in [0.2, 0.25) is 0 Å². The van der Waals surface area contributed by atoms with E-state index in [2.05, 4.69) is 4.90 Å². The maximum atomic E-state index is 13.7. The average molecular weight is 249 g/mol. The fourth-order valence-corrected chi connectivity index (χ4v) is 3.55. The predicted molar refractivity (Wildman–Crippen MR) is 68.9 cm³/mol. The topological polar surface area (TPSA) is 23.5 Å². The molecule has 0 amide bonds. The molecule has 2 nitrogen and oxygen atoms in total. The summed E-state index contributed by atoms with van der Waals surface area (Å²) in [5, 5.41) is 10.9. The fraction of sp³-hybridized carbons (Fsp3) is 0.600. The molecule has 0 bridgehead atoms. The molecule has 2 unspecified atom stereocenters. The first-order valence-electron chi connectivity index (χ1n) is 6.89. The van der Waals surface area contributed by atoms with Crippen LogP contribution in [0.1, 0.15) is 31.2 Å². The molecule has 2 saturated heterocycles. The van der Waals surface area contributed by atoms with Gasteiger partial charge in [0, 0.05) is 19.0 Å². The summed E-state index contributed by atoms with van der Waals surface area (Å²) in [6, 6.07) is 7.04. The molecule has 2 aliphatic rings. The van der Waals surface area contributed by atoms with Crippen LogP contribution in [0.5, 0.6) is 0 Å². The second-order valence-corrected chi connectivity index (χ2v) is 5.67. The molecule has 3 rings (SSSR count). The Morgan fingerprint density at radius 3 is 2.94 bits per heavy atom. The van der Waals surface area contributed by atoms with Gasteiger partial charge in [-0.15, -0.1) is 0 Å². The van der Waals surface area contributed by atoms with Gasteiger partial charge in [-0.3, -0.25) is 4.90 Å². The standard InChI is InChI=1S/C15H20FNO/c16-13-6-2-1-5-12(13)11-15(18)8-10-17-9-4-3-7-14(15)17/h1-2,5-6,14,18H,3-4,7-11H2. The lowest BCUT2D eigenvalue weighted by molar-refractivity contribution is -0.00943. The highest BCUT2D eigenvalue weighted by Crippen LogP contribution is 2.37. The molecule has 1 N–H and O–H groups in total. The average Bonchev–Trinajstić information content (AvgIpc) is 2.71. The molecule has 1 aromatic rings. The van der Waals surface area contributed by atoms with Gasteiger partial charge >= 0.3 is 0 Å². The van der Waals surface area contributed by atoms with Crippen molar-refractivity contribution in [3.8, 4) is 0 Å². The van der Waals surface area contributed by atoms with Crippen LogP contribution in [-0.4, -0.2) is 34.7 Å². The lowest BCUT2D eigenvalue weighted by atomic mass is 9.83. The molecule has 2 heterocycles. The van der Waals surface area contributed by atoms with Crippen LogP contribution in [0.4, 0.5) is 4.39 Å². The molecule has 0 aliphatic carbocycles. The zero-order valence-electron chi connectivity index (χ0n) is 10.6. The van der Waals surface area contributed by atoms with E-state index in [0.29, 0.717) is 12.0 Å². The highest BCUT2D eigenvalue weighted by atomic mass is 19.1. The Bertz CT molecular complexity index is 436. The van der Waals surface area contributed by atoms with Crippen molar-refractivity contribution in [3.05, 3.63) is 35.6 Å². The number of hydrogen-bond acceptors (Lipinski definition) is 2. The zero-order chi connectivity index (χ0) is 12.6. The van der Waals surface area contributed by atoms with Crippen molar-refractivity contribution in [2.24, 2.45) is 0 Å². The molecule has 0 aromatic heterocycles. The molecule has 18 heavy (non-hydrogen) atoms. The van der Waals surface area contributed by atoms with E-state index >= 15 is 0 Å². The second-order valence-electron chi connectivity index (χ2n) is 5.67. The highest BCUT2D eigenvalue weighted by Gasteiger charge is 2.46. The van der Waals surface area contributed by atoms with Crippen LogP contribution in [0.15, 0.2) is 24.3 Å². The SMILES string of the molecule is OC1(Cc2ccccc2F)CCN2CCCCC21. The molecular weight excluding hydrogens is 229 g/mol. The van der Waals surface area contributed by atoms with E-state index in [4.69, 9.17) is 0 Å². The molecule has 2 aliphatic heterocycles. The molecule has 3 heteroatoms. The predicted octanol–water partition coefficient (Wildman–Crippen LogP) is 2.36. The van der Waals surface area contributed by atoms with Gasteiger partial charge in [0.05, 0.1) is 5.60 Å². The van der Waals surface area contributed by atoms with Crippen molar-refractivity contribution in [3.63, 3.8) is 0 Å². The van der Waals surface area contributed by atoms with Crippen LogP contribution in [0.25, 0.3) is 0 Å². The fourth-order valence-electron chi connectivity index (χ4n) is 3.55. The Kier molecular flexibility index (Phi) is 3.12. The number of rotatable bonds is 2. The number of hydrogen-bond donors (Lipinski definition) is 1. The number of benzene rings is 1. The Morgan fingerprint density at radius 2 is 2.11 bits per heavy atom. The van der Waals surface area contributed by atoms with Gasteiger partial charge < -0.3 is 5.11 Å². The molecule has 98 valence electrons. The Labute approximate surface area is 107 Å². The van der Waals surface area contributed by atoms with E-state index in [1.165, 1.54) is 18.9 Å². The van der Waals surface area contributed by atoms with Gasteiger partial charge in [-0.2, -0.15) is 0 Å². The van der Waals surface area contributed by atoms with Gasteiger partial charge in [0.15, 0.2) is 0 Å². The Morgan fingerprint density at radius 1 is 1.28 bits per heavy atom. The lowest BCUT2D eigenvalue weighted by Gasteiger charge is -2.37. The quantitative estimate of drug-likeness (QED) is 0.869. The number of halogens is 1. The monoisotopic (exact) mass is 249 g/mol. The van der Waals surface area contributed by atoms with Crippen LogP contribution < -0.4 is 0 Å². The summed E-state index contributed by atoms with van der Waals surface area (Å²) in [7, 11) is 0. The van der Waals surface area contributed by atoms with E-state index in [1.807, 2.05) is 6.07 Å². The van der Waals surface area contributed by atoms with E-state index in [0.717, 1.165) is 25.9 Å². The van der Waals surface area contributed by atoms with Crippen LogP contribution in [0.2, 0.25) is 0 Å². The number of nitrogens with zero attached hydrogens (tertiary/aromatic N) is 1. The molecular formula is C15H20FNO. The van der Waals surface area contributed by atoms with Crippen LogP contribution in [0.3, 0.4) is 0 Å². The third kappa shape index (κ3) is 2.06. The Balaban J connectivity index is 1.81. The van der Waals surface area contributed by atoms with Gasteiger partial charge in [-0.1, -0.05) is 24.6 Å². The summed E-state index contributed by atoms with van der Waals surface area (Å²) in [5.41, 5.74) is -0.0878. The number of piperidine rings is 1. The van der Waals surface area contributed by atoms with Gasteiger partial charge in [-0.05, 0) is 37.4 Å². The summed E-state index contributed by atoms with van der Waals surface area (Å²) in [6.45, 7) is 2.04. The molecule has 0 spiro atoms. The van der Waals surface area contributed by atoms with Crippen LogP contribution >= 0.6 is 0 Å². The minimum Gasteiger partial charge on any atom is -0.388 e. The molecule has 0 saturated carbocycles. The van der Waals surface area contributed by atoms with E-state index in [9.17, 15) is 9.50 Å². The van der Waals surface area contributed by atoms with Crippen molar-refractivity contribution in [1.29, 1.82) is 0 Å². The van der Waals surface area contributed by atoms with E-state index < -0.39 is 5.60 Å². The summed E-state index contributed by atoms with van der Waals surface area (Å²) >= 11 is 0. The number of aliphatic hydroxyl groups is 1. The van der Waals surface area contributed by atoms with Crippen molar-refractivity contribution < 1.29 is 9.50 Å². The summed E-state index contributed by atoms with van der Waals surface area (Å²) in [5.74, 6) is -0.194. The van der Waals surface area contributed by atoms with E-state index in [1.54, 1.807) is 12.1 Å². The lowest BCUT2D eigenvalue weighted by Crippen LogP contribution is -2.48. The maximum Gasteiger partial charge on any atom is 0.126 e. The number of fused-ring (bicyclic) bond motifs is 1. The molecule has 1 aromatic carbocycles. The third-order valence-electron chi connectivity index (χ3n) is 4.52. The normalized spacial score (nSPS) is 32.4. The first-order valence-corrected chi connectivity index (χ1v) is 6.89. The van der Waals surface area contributed by atoms with Gasteiger partial charge in [0.25, 0.3) is 0 Å².